The fraction of sp³-hybridized carbons (Fsp3) is 0.0667. The number of furan rings is 1. The predicted octanol–water partition coefficient (Wildman–Crippen LogP) is 1.56. The molecule has 5 N–H and O–H groups in total. The Bertz CT molecular complexity index is 992. The van der Waals surface area contributed by atoms with Crippen LogP contribution in [0.4, 0.5) is 17.6 Å². The van der Waals surface area contributed by atoms with Gasteiger partial charge in [-0.25, -0.2) is 0 Å². The second-order valence-electron chi connectivity index (χ2n) is 5.13. The van der Waals surface area contributed by atoms with Gasteiger partial charge < -0.3 is 21.2 Å². The third-order valence-electron chi connectivity index (χ3n) is 3.38. The Labute approximate surface area is 136 Å². The molecule has 0 saturated carbocycles. The van der Waals surface area contributed by atoms with E-state index in [0.29, 0.717) is 35.5 Å². The van der Waals surface area contributed by atoms with Crippen molar-refractivity contribution in [3.05, 3.63) is 48.2 Å². The highest BCUT2D eigenvalue weighted by Gasteiger charge is 2.13. The molecular formula is C15H14N8O. The van der Waals surface area contributed by atoms with Crippen molar-refractivity contribution < 1.29 is 4.42 Å². The molecular weight excluding hydrogens is 308 g/mol. The molecule has 4 rings (SSSR count). The molecule has 0 bridgehead atoms. The van der Waals surface area contributed by atoms with Gasteiger partial charge in [0, 0.05) is 12.2 Å². The highest BCUT2D eigenvalue weighted by Crippen LogP contribution is 2.18. The van der Waals surface area contributed by atoms with E-state index in [0.717, 1.165) is 5.56 Å². The number of nitrogens with two attached hydrogens (primary N) is 2. The monoisotopic (exact) mass is 322 g/mol. The number of nitrogens with one attached hydrogen (secondary N) is 1. The van der Waals surface area contributed by atoms with E-state index < -0.39 is 0 Å². The summed E-state index contributed by atoms with van der Waals surface area (Å²) in [6.45, 7) is 0.514. The van der Waals surface area contributed by atoms with Crippen molar-refractivity contribution in [3.63, 3.8) is 0 Å². The molecule has 3 heterocycles. The maximum Gasteiger partial charge on any atom is 0.259 e. The first-order valence-corrected chi connectivity index (χ1v) is 7.21. The third-order valence-corrected chi connectivity index (χ3v) is 3.38. The smallest absolute Gasteiger partial charge is 0.259 e. The first kappa shape index (κ1) is 14.0. The maximum absolute atomic E-state index is 5.94. The predicted molar refractivity (Wildman–Crippen MR) is 88.9 cm³/mol. The summed E-state index contributed by atoms with van der Waals surface area (Å²) < 4.78 is 6.65. The van der Waals surface area contributed by atoms with E-state index >= 15 is 0 Å². The van der Waals surface area contributed by atoms with Crippen molar-refractivity contribution in [2.24, 2.45) is 0 Å². The second kappa shape index (κ2) is 5.54. The van der Waals surface area contributed by atoms with Crippen LogP contribution in [0, 0.1) is 0 Å². The molecule has 9 nitrogen and oxygen atoms in total. The summed E-state index contributed by atoms with van der Waals surface area (Å²) in [7, 11) is 0. The number of nitrogen functional groups attached to an aromatic ring is 2. The molecule has 0 aliphatic rings. The van der Waals surface area contributed by atoms with Crippen molar-refractivity contribution in [1.82, 2.24) is 24.6 Å². The summed E-state index contributed by atoms with van der Waals surface area (Å²) >= 11 is 0. The molecule has 0 amide bonds. The van der Waals surface area contributed by atoms with Gasteiger partial charge in [0.05, 0.1) is 6.26 Å². The van der Waals surface area contributed by atoms with Gasteiger partial charge in [-0.2, -0.15) is 19.5 Å². The highest BCUT2D eigenvalue weighted by molar-refractivity contribution is 5.52. The van der Waals surface area contributed by atoms with Crippen LogP contribution in [0.2, 0.25) is 0 Å². The van der Waals surface area contributed by atoms with Crippen LogP contribution >= 0.6 is 0 Å². The first-order chi connectivity index (χ1) is 11.7. The summed E-state index contributed by atoms with van der Waals surface area (Å²) in [6.07, 6.45) is 1.55. The molecule has 0 aliphatic heterocycles. The van der Waals surface area contributed by atoms with E-state index in [9.17, 15) is 0 Å². The largest absolute Gasteiger partial charge is 0.461 e. The van der Waals surface area contributed by atoms with Crippen LogP contribution in [0.15, 0.2) is 47.1 Å². The van der Waals surface area contributed by atoms with Gasteiger partial charge in [0.15, 0.2) is 5.76 Å². The van der Waals surface area contributed by atoms with Crippen molar-refractivity contribution in [1.29, 1.82) is 0 Å². The Hall–Kier alpha value is -3.62. The molecule has 0 spiro atoms. The lowest BCUT2D eigenvalue weighted by atomic mass is 10.2. The molecule has 24 heavy (non-hydrogen) atoms. The van der Waals surface area contributed by atoms with E-state index in [1.165, 1.54) is 4.52 Å². The molecule has 0 atom stereocenters. The van der Waals surface area contributed by atoms with Crippen LogP contribution in [-0.4, -0.2) is 24.6 Å². The first-order valence-electron chi connectivity index (χ1n) is 7.21. The van der Waals surface area contributed by atoms with Crippen molar-refractivity contribution in [2.45, 2.75) is 6.54 Å². The summed E-state index contributed by atoms with van der Waals surface area (Å²) in [4.78, 5) is 12.8. The fourth-order valence-corrected chi connectivity index (χ4v) is 2.28. The molecule has 120 valence electrons. The van der Waals surface area contributed by atoms with Crippen LogP contribution in [0.5, 0.6) is 0 Å². The van der Waals surface area contributed by atoms with Gasteiger partial charge in [0.2, 0.25) is 17.7 Å². The topological polar surface area (TPSA) is 133 Å². The molecule has 3 aromatic heterocycles. The average molecular weight is 322 g/mol. The van der Waals surface area contributed by atoms with Crippen LogP contribution in [-0.2, 0) is 6.54 Å². The van der Waals surface area contributed by atoms with Crippen molar-refractivity contribution in [3.8, 4) is 11.6 Å². The number of benzene rings is 1. The van der Waals surface area contributed by atoms with Crippen molar-refractivity contribution >= 4 is 23.4 Å². The van der Waals surface area contributed by atoms with E-state index in [-0.39, 0.29) is 5.95 Å². The normalized spacial score (nSPS) is 11.0. The zero-order valence-electron chi connectivity index (χ0n) is 12.5. The van der Waals surface area contributed by atoms with Gasteiger partial charge >= 0.3 is 0 Å². The highest BCUT2D eigenvalue weighted by atomic mass is 16.3. The lowest BCUT2D eigenvalue weighted by Gasteiger charge is -2.06. The van der Waals surface area contributed by atoms with Gasteiger partial charge in [-0.15, -0.1) is 5.10 Å². The van der Waals surface area contributed by atoms with Gasteiger partial charge in [-0.3, -0.25) is 0 Å². The molecule has 0 aliphatic carbocycles. The van der Waals surface area contributed by atoms with E-state index in [2.05, 4.69) is 25.4 Å². The Kier molecular flexibility index (Phi) is 3.23. The lowest BCUT2D eigenvalue weighted by molar-refractivity contribution is 0.577. The summed E-state index contributed by atoms with van der Waals surface area (Å²) in [6, 6.07) is 11.1. The zero-order chi connectivity index (χ0) is 16.5. The molecule has 0 unspecified atom stereocenters. The number of hydrogen-bond acceptors (Lipinski definition) is 8. The van der Waals surface area contributed by atoms with Gasteiger partial charge in [0.1, 0.15) is 0 Å². The molecule has 4 aromatic rings. The van der Waals surface area contributed by atoms with E-state index in [1.54, 1.807) is 18.4 Å². The summed E-state index contributed by atoms with van der Waals surface area (Å²) in [5.41, 5.74) is 13.4. The Morgan fingerprint density at radius 2 is 2.00 bits per heavy atom. The number of anilines is 3. The zero-order valence-corrected chi connectivity index (χ0v) is 12.5. The number of rotatable bonds is 4. The molecule has 0 fully saturated rings. The minimum Gasteiger partial charge on any atom is -0.461 e. The quantitative estimate of drug-likeness (QED) is 0.482. The van der Waals surface area contributed by atoms with Crippen LogP contribution in [0.3, 0.4) is 0 Å². The fourth-order valence-electron chi connectivity index (χ4n) is 2.28. The minimum absolute atomic E-state index is 0.181. The summed E-state index contributed by atoms with van der Waals surface area (Å²) in [5.74, 6) is 1.81. The van der Waals surface area contributed by atoms with E-state index in [4.69, 9.17) is 15.9 Å². The number of fused-ring (bicyclic) bond motifs is 1. The standard InChI is InChI=1S/C15H14N8O/c16-10-4-1-3-9(7-10)8-18-14-20-13(17)23-15(21-14)19-12(22-23)11-5-2-6-24-11/h1-7H,8,16H2,(H3,17,18,19,20,21,22). The molecule has 9 heteroatoms. The van der Waals surface area contributed by atoms with E-state index in [1.807, 2.05) is 24.3 Å². The van der Waals surface area contributed by atoms with Crippen molar-refractivity contribution in [2.75, 3.05) is 16.8 Å². The Morgan fingerprint density at radius 1 is 1.08 bits per heavy atom. The molecule has 0 saturated heterocycles. The maximum atomic E-state index is 5.94. The van der Waals surface area contributed by atoms with Crippen LogP contribution in [0.1, 0.15) is 5.56 Å². The second-order valence-corrected chi connectivity index (χ2v) is 5.13. The van der Waals surface area contributed by atoms with Crippen LogP contribution < -0.4 is 16.8 Å². The average Bonchev–Trinajstić information content (AvgIpc) is 3.22. The third kappa shape index (κ3) is 2.58. The molecule has 0 radical (unpaired) electrons. The number of hydrogen-bond donors (Lipinski definition) is 3. The SMILES string of the molecule is Nc1cccc(CNc2nc(N)n3nc(-c4ccco4)nc3n2)c1. The Morgan fingerprint density at radius 3 is 2.79 bits per heavy atom. The molecule has 1 aromatic carbocycles. The summed E-state index contributed by atoms with van der Waals surface area (Å²) in [5, 5.41) is 7.35. The van der Waals surface area contributed by atoms with Gasteiger partial charge in [0.25, 0.3) is 5.78 Å². The van der Waals surface area contributed by atoms with Gasteiger partial charge in [-0.05, 0) is 29.8 Å². The Balaban J connectivity index is 1.62. The number of nitrogens with zero attached hydrogens (tertiary/aromatic N) is 5. The van der Waals surface area contributed by atoms with Crippen LogP contribution in [0.25, 0.3) is 17.4 Å². The lowest BCUT2D eigenvalue weighted by Crippen LogP contribution is -2.10. The van der Waals surface area contributed by atoms with Gasteiger partial charge in [-0.1, -0.05) is 12.1 Å². The number of aromatic nitrogens is 5. The minimum atomic E-state index is 0.181.